The number of carbonyl (C=O) groups excluding carboxylic acids is 1. The van der Waals surface area contributed by atoms with Crippen molar-refractivity contribution in [3.63, 3.8) is 0 Å². The van der Waals surface area contributed by atoms with Crippen LogP contribution in [0.3, 0.4) is 0 Å². The van der Waals surface area contributed by atoms with E-state index in [4.69, 9.17) is 16.3 Å². The average Bonchev–Trinajstić information content (AvgIpc) is 2.94. The van der Waals surface area contributed by atoms with Crippen molar-refractivity contribution in [2.75, 3.05) is 7.11 Å². The first-order valence-corrected chi connectivity index (χ1v) is 8.75. The molecule has 2 N–H and O–H groups in total. The number of benzene rings is 2. The first-order chi connectivity index (χ1) is 12.5. The maximum absolute atomic E-state index is 12.2. The summed E-state index contributed by atoms with van der Waals surface area (Å²) in [6.45, 7) is 0. The fourth-order valence-corrected chi connectivity index (χ4v) is 3.30. The normalized spacial score (nSPS) is 12.4. The molecule has 26 heavy (non-hydrogen) atoms. The van der Waals surface area contributed by atoms with Crippen molar-refractivity contribution in [2.24, 2.45) is 0 Å². The first kappa shape index (κ1) is 18.0. The number of H-pyrrole nitrogens is 1. The van der Waals surface area contributed by atoms with Gasteiger partial charge in [-0.1, -0.05) is 17.7 Å². The van der Waals surface area contributed by atoms with Crippen LogP contribution in [0.25, 0.3) is 12.2 Å². The molecular formula is C19H14ClNO4S. The molecule has 1 aromatic heterocycles. The Labute approximate surface area is 157 Å². The molecule has 0 unspecified atom stereocenters. The molecule has 0 atom stereocenters. The Morgan fingerprint density at radius 3 is 2.62 bits per heavy atom. The van der Waals surface area contributed by atoms with Gasteiger partial charge in [-0.2, -0.15) is 0 Å². The molecule has 0 fully saturated rings. The minimum Gasteiger partial charge on any atom is -0.504 e. The van der Waals surface area contributed by atoms with Crippen LogP contribution in [0.2, 0.25) is 5.02 Å². The minimum absolute atomic E-state index is 0.0149. The van der Waals surface area contributed by atoms with Crippen LogP contribution in [0, 0.1) is 0 Å². The largest absolute Gasteiger partial charge is 0.504 e. The van der Waals surface area contributed by atoms with Crippen LogP contribution in [0.4, 0.5) is 0 Å². The van der Waals surface area contributed by atoms with E-state index in [9.17, 15) is 14.7 Å². The molecule has 0 spiro atoms. The van der Waals surface area contributed by atoms with Gasteiger partial charge in [-0.3, -0.25) is 9.59 Å². The van der Waals surface area contributed by atoms with Crippen LogP contribution in [0.15, 0.2) is 47.3 Å². The third-order valence-corrected chi connectivity index (χ3v) is 4.79. The molecule has 1 heterocycles. The standard InChI is InChI=1S/C19H14ClNO4S/c1-25-16-7-2-11(8-15(16)23)9-17-19(24)21-18(26-17)10-14(22)12-3-5-13(20)6-4-12/h2-10,23H,1H3,(H,21,24)/b17-9-,18-10-. The van der Waals surface area contributed by atoms with E-state index in [1.807, 2.05) is 0 Å². The van der Waals surface area contributed by atoms with Gasteiger partial charge in [0.15, 0.2) is 17.3 Å². The predicted octanol–water partition coefficient (Wildman–Crippen LogP) is 2.30. The first-order valence-electron chi connectivity index (χ1n) is 7.56. The Morgan fingerprint density at radius 2 is 1.96 bits per heavy atom. The molecule has 0 bridgehead atoms. The number of thiazole rings is 1. The molecule has 3 aromatic rings. The van der Waals surface area contributed by atoms with Crippen molar-refractivity contribution >= 4 is 40.9 Å². The van der Waals surface area contributed by atoms with E-state index in [0.717, 1.165) is 11.3 Å². The number of hydrogen-bond acceptors (Lipinski definition) is 5. The highest BCUT2D eigenvalue weighted by Gasteiger charge is 2.04. The van der Waals surface area contributed by atoms with E-state index in [0.29, 0.717) is 31.1 Å². The fourth-order valence-electron chi connectivity index (χ4n) is 2.29. The lowest BCUT2D eigenvalue weighted by Crippen LogP contribution is -2.20. The zero-order valence-corrected chi connectivity index (χ0v) is 15.2. The Hall–Kier alpha value is -2.83. The average molecular weight is 388 g/mol. The van der Waals surface area contributed by atoms with Crippen LogP contribution in [0.5, 0.6) is 11.5 Å². The Morgan fingerprint density at radius 1 is 1.23 bits per heavy atom. The summed E-state index contributed by atoms with van der Waals surface area (Å²) in [7, 11) is 1.46. The van der Waals surface area contributed by atoms with Crippen molar-refractivity contribution in [1.29, 1.82) is 0 Å². The number of phenols is 1. The highest BCUT2D eigenvalue weighted by Crippen LogP contribution is 2.26. The van der Waals surface area contributed by atoms with Gasteiger partial charge in [0.1, 0.15) is 0 Å². The van der Waals surface area contributed by atoms with Crippen LogP contribution in [-0.4, -0.2) is 23.0 Å². The lowest BCUT2D eigenvalue weighted by molar-refractivity contribution is 0.106. The summed E-state index contributed by atoms with van der Waals surface area (Å²) in [5.41, 5.74) is 0.820. The second kappa shape index (κ2) is 7.59. The van der Waals surface area contributed by atoms with E-state index in [1.165, 1.54) is 19.3 Å². The zero-order chi connectivity index (χ0) is 18.7. The number of aromatic amines is 1. The van der Waals surface area contributed by atoms with Crippen molar-refractivity contribution in [3.05, 3.63) is 78.2 Å². The summed E-state index contributed by atoms with van der Waals surface area (Å²) in [4.78, 5) is 27.0. The van der Waals surface area contributed by atoms with Crippen LogP contribution >= 0.6 is 22.9 Å². The van der Waals surface area contributed by atoms with E-state index >= 15 is 0 Å². The number of carbonyl (C=O) groups is 1. The Kier molecular flexibility index (Phi) is 5.25. The molecule has 0 aliphatic heterocycles. The number of phenolic OH excluding ortho intramolecular Hbond substituents is 1. The van der Waals surface area contributed by atoms with Crippen LogP contribution in [-0.2, 0) is 0 Å². The third kappa shape index (κ3) is 4.04. The van der Waals surface area contributed by atoms with Crippen LogP contribution in [0.1, 0.15) is 15.9 Å². The Bertz CT molecular complexity index is 1130. The van der Waals surface area contributed by atoms with Gasteiger partial charge in [0.2, 0.25) is 0 Å². The summed E-state index contributed by atoms with van der Waals surface area (Å²) in [5, 5.41) is 10.4. The highest BCUT2D eigenvalue weighted by atomic mass is 35.5. The van der Waals surface area contributed by atoms with Crippen molar-refractivity contribution in [2.45, 2.75) is 0 Å². The number of Topliss-reactive ketones (excluding diaryl/α,β-unsaturated/α-hetero) is 1. The van der Waals surface area contributed by atoms with Crippen LogP contribution < -0.4 is 19.5 Å². The molecule has 5 nitrogen and oxygen atoms in total. The summed E-state index contributed by atoms with van der Waals surface area (Å²) in [5.74, 6) is 0.108. The van der Waals surface area contributed by atoms with Gasteiger partial charge < -0.3 is 14.8 Å². The topological polar surface area (TPSA) is 79.4 Å². The molecule has 0 amide bonds. The number of ketones is 1. The molecule has 7 heteroatoms. The Balaban J connectivity index is 1.96. The smallest absolute Gasteiger partial charge is 0.266 e. The van der Waals surface area contributed by atoms with E-state index < -0.39 is 0 Å². The SMILES string of the molecule is COc1ccc(/C=c2\s/c(=C\C(=O)c3ccc(Cl)cc3)[nH]c2=O)cc1O. The number of hydrogen-bond donors (Lipinski definition) is 2. The number of halogens is 1. The number of rotatable bonds is 4. The monoisotopic (exact) mass is 387 g/mol. The van der Waals surface area contributed by atoms with Gasteiger partial charge in [-0.05, 0) is 48.0 Å². The number of nitrogens with one attached hydrogen (secondary N) is 1. The van der Waals surface area contributed by atoms with Crippen molar-refractivity contribution < 1.29 is 14.6 Å². The molecule has 0 saturated heterocycles. The van der Waals surface area contributed by atoms with Gasteiger partial charge in [-0.15, -0.1) is 11.3 Å². The molecule has 0 aliphatic carbocycles. The summed E-state index contributed by atoms with van der Waals surface area (Å²) < 4.78 is 5.86. The van der Waals surface area contributed by atoms with Gasteiger partial charge in [0, 0.05) is 16.7 Å². The van der Waals surface area contributed by atoms with Crippen molar-refractivity contribution in [1.82, 2.24) is 4.98 Å². The quantitative estimate of drug-likeness (QED) is 0.673. The summed E-state index contributed by atoms with van der Waals surface area (Å²) in [6.07, 6.45) is 3.00. The van der Waals surface area contributed by atoms with E-state index in [-0.39, 0.29) is 17.1 Å². The second-order valence-corrected chi connectivity index (χ2v) is 6.90. The number of aromatic hydroxyl groups is 1. The second-order valence-electron chi connectivity index (χ2n) is 5.38. The number of aromatic nitrogens is 1. The zero-order valence-electron chi connectivity index (χ0n) is 13.7. The predicted molar refractivity (Wildman–Crippen MR) is 103 cm³/mol. The molecular weight excluding hydrogens is 374 g/mol. The molecule has 132 valence electrons. The van der Waals surface area contributed by atoms with E-state index in [2.05, 4.69) is 4.98 Å². The summed E-state index contributed by atoms with van der Waals surface area (Å²) >= 11 is 6.97. The molecule has 0 saturated carbocycles. The lowest BCUT2D eigenvalue weighted by Gasteiger charge is -2.02. The van der Waals surface area contributed by atoms with Crippen molar-refractivity contribution in [3.8, 4) is 11.5 Å². The number of ether oxygens (including phenoxy) is 1. The maximum atomic E-state index is 12.2. The lowest BCUT2D eigenvalue weighted by atomic mass is 10.1. The van der Waals surface area contributed by atoms with E-state index in [1.54, 1.807) is 42.5 Å². The van der Waals surface area contributed by atoms with Gasteiger partial charge in [0.05, 0.1) is 16.3 Å². The summed E-state index contributed by atoms with van der Waals surface area (Å²) in [6, 6.07) is 11.4. The van der Waals surface area contributed by atoms with Gasteiger partial charge in [0.25, 0.3) is 5.56 Å². The molecule has 3 rings (SSSR count). The minimum atomic E-state index is -0.305. The maximum Gasteiger partial charge on any atom is 0.266 e. The number of methoxy groups -OCH3 is 1. The van der Waals surface area contributed by atoms with Gasteiger partial charge >= 0.3 is 0 Å². The molecule has 2 aromatic carbocycles. The fraction of sp³-hybridized carbons (Fsp3) is 0.0526. The molecule has 0 radical (unpaired) electrons. The third-order valence-electron chi connectivity index (χ3n) is 3.57. The molecule has 0 aliphatic rings. The van der Waals surface area contributed by atoms with Gasteiger partial charge in [-0.25, -0.2) is 0 Å². The highest BCUT2D eigenvalue weighted by molar-refractivity contribution is 7.07.